The molecular weight excluding hydrogens is 659 g/mol. The zero-order valence-corrected chi connectivity index (χ0v) is 29.8. The third kappa shape index (κ3) is 4.53. The van der Waals surface area contributed by atoms with E-state index in [0.717, 1.165) is 82.9 Å². The number of pyridine rings is 1. The van der Waals surface area contributed by atoms with Gasteiger partial charge in [0.25, 0.3) is 0 Å². The summed E-state index contributed by atoms with van der Waals surface area (Å²) in [6.07, 6.45) is 0. The smallest absolute Gasteiger partial charge is 0.160 e. The highest BCUT2D eigenvalue weighted by atomic mass is 16.3. The Morgan fingerprint density at radius 1 is 0.444 bits per heavy atom. The van der Waals surface area contributed by atoms with Crippen molar-refractivity contribution in [1.29, 1.82) is 0 Å². The Labute approximate surface area is 312 Å². The summed E-state index contributed by atoms with van der Waals surface area (Å²) < 4.78 is 6.87. The average Bonchev–Trinajstić information content (AvgIpc) is 3.73. The van der Waals surface area contributed by atoms with Gasteiger partial charge in [-0.05, 0) is 58.7 Å². The van der Waals surface area contributed by atoms with Crippen molar-refractivity contribution in [3.05, 3.63) is 175 Å². The lowest BCUT2D eigenvalue weighted by Crippen LogP contribution is -2.14. The molecular formula is C50H33N3O. The van der Waals surface area contributed by atoms with Crippen LogP contribution in [0.4, 0.5) is 0 Å². The van der Waals surface area contributed by atoms with Gasteiger partial charge in [0.15, 0.2) is 5.82 Å². The van der Waals surface area contributed by atoms with Crippen LogP contribution in [0.15, 0.2) is 168 Å². The van der Waals surface area contributed by atoms with Crippen molar-refractivity contribution in [3.8, 4) is 56.3 Å². The van der Waals surface area contributed by atoms with Crippen molar-refractivity contribution in [1.82, 2.24) is 15.0 Å². The quantitative estimate of drug-likeness (QED) is 0.172. The minimum absolute atomic E-state index is 0.0686. The molecule has 0 radical (unpaired) electrons. The fraction of sp³-hybridized carbons (Fsp3) is 0.0600. The van der Waals surface area contributed by atoms with Crippen LogP contribution in [0.25, 0.3) is 99.9 Å². The Hall–Kier alpha value is -6.91. The first-order valence-electron chi connectivity index (χ1n) is 18.4. The van der Waals surface area contributed by atoms with E-state index in [2.05, 4.69) is 153 Å². The SMILES string of the molecule is CC1(C)c2ccccc2-c2cc(-c3cc(-c4cccc5c4oc4ccc6c(-c7ccccc7)nc7ccccc7c6c45)nc(-c4ccccc4)n3)ccc21. The summed E-state index contributed by atoms with van der Waals surface area (Å²) in [6.45, 7) is 4.62. The second-order valence-electron chi connectivity index (χ2n) is 14.7. The van der Waals surface area contributed by atoms with Crippen molar-refractivity contribution < 1.29 is 4.42 Å². The predicted molar refractivity (Wildman–Crippen MR) is 221 cm³/mol. The standard InChI is InChI=1S/C50H33N3O/c1-50(2)39-22-11-9-18-33(39)38-28-32(24-26-40(38)50)42-29-43(53-49(52-42)31-16-7-4-8-17-31)35-20-13-21-37-46-44(54-48(35)37)27-25-36-45(46)34-19-10-12-23-41(34)51-47(36)30-14-5-3-6-15-30/h3-29H,1-2H3. The number of hydrogen-bond acceptors (Lipinski definition) is 4. The van der Waals surface area contributed by atoms with Crippen LogP contribution in [0.2, 0.25) is 0 Å². The second-order valence-corrected chi connectivity index (χ2v) is 14.7. The third-order valence-corrected chi connectivity index (χ3v) is 11.3. The lowest BCUT2D eigenvalue weighted by Gasteiger charge is -2.21. The number of para-hydroxylation sites is 2. The zero-order chi connectivity index (χ0) is 36.0. The first kappa shape index (κ1) is 30.7. The molecule has 3 aromatic heterocycles. The summed E-state index contributed by atoms with van der Waals surface area (Å²) in [5.74, 6) is 0.674. The van der Waals surface area contributed by atoms with Crippen molar-refractivity contribution in [2.24, 2.45) is 0 Å². The molecule has 0 N–H and O–H groups in total. The van der Waals surface area contributed by atoms with Crippen molar-refractivity contribution in [2.45, 2.75) is 19.3 Å². The van der Waals surface area contributed by atoms with Crippen LogP contribution in [0.3, 0.4) is 0 Å². The molecule has 0 fully saturated rings. The molecule has 0 saturated carbocycles. The van der Waals surface area contributed by atoms with Crippen LogP contribution >= 0.6 is 0 Å². The maximum absolute atomic E-state index is 6.87. The van der Waals surface area contributed by atoms with E-state index in [1.54, 1.807) is 0 Å². The highest BCUT2D eigenvalue weighted by Gasteiger charge is 2.35. The van der Waals surface area contributed by atoms with Gasteiger partial charge in [-0.3, -0.25) is 0 Å². The molecule has 0 amide bonds. The lowest BCUT2D eigenvalue weighted by molar-refractivity contribution is 0.660. The van der Waals surface area contributed by atoms with E-state index in [1.165, 1.54) is 22.3 Å². The Morgan fingerprint density at radius 3 is 1.98 bits per heavy atom. The molecule has 0 saturated heterocycles. The zero-order valence-electron chi connectivity index (χ0n) is 29.8. The Morgan fingerprint density at radius 2 is 1.13 bits per heavy atom. The van der Waals surface area contributed by atoms with E-state index in [9.17, 15) is 0 Å². The number of fused-ring (bicyclic) bond motifs is 10. The number of benzene rings is 7. The molecule has 4 nitrogen and oxygen atoms in total. The Bertz CT molecular complexity index is 3120. The van der Waals surface area contributed by atoms with Crippen molar-refractivity contribution in [2.75, 3.05) is 0 Å². The monoisotopic (exact) mass is 691 g/mol. The van der Waals surface area contributed by atoms with Gasteiger partial charge in [0.2, 0.25) is 0 Å². The van der Waals surface area contributed by atoms with Gasteiger partial charge in [0.1, 0.15) is 11.2 Å². The van der Waals surface area contributed by atoms with Gasteiger partial charge in [0, 0.05) is 54.6 Å². The molecule has 1 aliphatic carbocycles. The maximum atomic E-state index is 6.87. The summed E-state index contributed by atoms with van der Waals surface area (Å²) in [4.78, 5) is 15.6. The lowest BCUT2D eigenvalue weighted by atomic mass is 9.82. The molecule has 54 heavy (non-hydrogen) atoms. The van der Waals surface area contributed by atoms with Gasteiger partial charge in [-0.15, -0.1) is 0 Å². The molecule has 10 aromatic rings. The van der Waals surface area contributed by atoms with E-state index >= 15 is 0 Å². The Balaban J connectivity index is 1.16. The van der Waals surface area contributed by atoms with E-state index in [1.807, 2.05) is 24.3 Å². The largest absolute Gasteiger partial charge is 0.455 e. The molecule has 0 spiro atoms. The molecule has 1 aliphatic rings. The molecule has 0 aliphatic heterocycles. The Kier molecular flexibility index (Phi) is 6.56. The number of rotatable bonds is 4. The topological polar surface area (TPSA) is 51.8 Å². The molecule has 11 rings (SSSR count). The number of aromatic nitrogens is 3. The van der Waals surface area contributed by atoms with Crippen LogP contribution in [0.1, 0.15) is 25.0 Å². The molecule has 4 heteroatoms. The van der Waals surface area contributed by atoms with Gasteiger partial charge in [-0.25, -0.2) is 15.0 Å². The average molecular weight is 692 g/mol. The maximum Gasteiger partial charge on any atom is 0.160 e. The second kappa shape index (κ2) is 11.5. The summed E-state index contributed by atoms with van der Waals surface area (Å²) in [6, 6.07) is 57.4. The highest BCUT2D eigenvalue weighted by Crippen LogP contribution is 2.50. The van der Waals surface area contributed by atoms with Gasteiger partial charge in [-0.2, -0.15) is 0 Å². The highest BCUT2D eigenvalue weighted by molar-refractivity contribution is 6.29. The first-order valence-corrected chi connectivity index (χ1v) is 18.4. The van der Waals surface area contributed by atoms with E-state index in [-0.39, 0.29) is 5.41 Å². The number of furan rings is 1. The van der Waals surface area contributed by atoms with Crippen LogP contribution in [-0.2, 0) is 5.41 Å². The van der Waals surface area contributed by atoms with Crippen molar-refractivity contribution in [3.63, 3.8) is 0 Å². The molecule has 254 valence electrons. The fourth-order valence-electron chi connectivity index (χ4n) is 8.68. The number of hydrogen-bond donors (Lipinski definition) is 0. The fourth-order valence-corrected chi connectivity index (χ4v) is 8.68. The molecule has 0 atom stereocenters. The van der Waals surface area contributed by atoms with Gasteiger partial charge >= 0.3 is 0 Å². The van der Waals surface area contributed by atoms with Crippen LogP contribution in [-0.4, -0.2) is 15.0 Å². The van der Waals surface area contributed by atoms with Gasteiger partial charge < -0.3 is 4.42 Å². The van der Waals surface area contributed by atoms with E-state index in [4.69, 9.17) is 19.4 Å². The van der Waals surface area contributed by atoms with Gasteiger partial charge in [-0.1, -0.05) is 141 Å². The van der Waals surface area contributed by atoms with Crippen molar-refractivity contribution >= 4 is 43.6 Å². The summed E-state index contributed by atoms with van der Waals surface area (Å²) in [5, 5.41) is 5.46. The normalized spacial score (nSPS) is 13.1. The molecule has 0 bridgehead atoms. The number of nitrogens with zero attached hydrogens (tertiary/aromatic N) is 3. The predicted octanol–water partition coefficient (Wildman–Crippen LogP) is 13.1. The third-order valence-electron chi connectivity index (χ3n) is 11.3. The minimum Gasteiger partial charge on any atom is -0.455 e. The summed E-state index contributed by atoms with van der Waals surface area (Å²) in [5.41, 5.74) is 14.4. The van der Waals surface area contributed by atoms with E-state index < -0.39 is 0 Å². The molecule has 0 unspecified atom stereocenters. The first-order chi connectivity index (χ1) is 26.5. The molecule has 7 aromatic carbocycles. The van der Waals surface area contributed by atoms with Gasteiger partial charge in [0.05, 0.1) is 22.6 Å². The van der Waals surface area contributed by atoms with E-state index in [0.29, 0.717) is 5.82 Å². The van der Waals surface area contributed by atoms with Crippen LogP contribution in [0, 0.1) is 0 Å². The summed E-state index contributed by atoms with van der Waals surface area (Å²) in [7, 11) is 0. The van der Waals surface area contributed by atoms with Crippen LogP contribution < -0.4 is 0 Å². The molecule has 3 heterocycles. The minimum atomic E-state index is -0.0686. The summed E-state index contributed by atoms with van der Waals surface area (Å²) >= 11 is 0. The van der Waals surface area contributed by atoms with Crippen LogP contribution in [0.5, 0.6) is 0 Å².